The van der Waals surface area contributed by atoms with Crippen LogP contribution in [0.1, 0.15) is 20.8 Å². The molecule has 3 aromatic rings. The van der Waals surface area contributed by atoms with E-state index in [1.54, 1.807) is 10.9 Å². The minimum Gasteiger partial charge on any atom is -0.340 e. The number of fused-ring (bicyclic) bond motifs is 1. The maximum atomic E-state index is 13.0. The Labute approximate surface area is 178 Å². The van der Waals surface area contributed by atoms with Crippen LogP contribution in [-0.4, -0.2) is 63.3 Å². The zero-order chi connectivity index (χ0) is 22.2. The number of nitrogens with one attached hydrogen (secondary N) is 2. The van der Waals surface area contributed by atoms with Gasteiger partial charge in [-0.3, -0.25) is 19.5 Å². The molecule has 1 amide bonds. The zero-order valence-electron chi connectivity index (χ0n) is 17.9. The summed E-state index contributed by atoms with van der Waals surface area (Å²) in [6, 6.07) is 5.69. The highest BCUT2D eigenvalue weighted by atomic mass is 19.1. The van der Waals surface area contributed by atoms with Crippen molar-refractivity contribution >= 4 is 28.6 Å². The lowest BCUT2D eigenvalue weighted by Crippen LogP contribution is -2.49. The lowest BCUT2D eigenvalue weighted by molar-refractivity contribution is -0.117. The Morgan fingerprint density at radius 1 is 1.16 bits per heavy atom. The van der Waals surface area contributed by atoms with Crippen LogP contribution in [0, 0.1) is 5.82 Å². The molecule has 1 fully saturated rings. The van der Waals surface area contributed by atoms with E-state index in [9.17, 15) is 14.0 Å². The second-order valence-electron chi connectivity index (χ2n) is 8.67. The van der Waals surface area contributed by atoms with Crippen LogP contribution >= 0.6 is 0 Å². The minimum absolute atomic E-state index is 0.151. The number of halogens is 1. The van der Waals surface area contributed by atoms with Crippen molar-refractivity contribution in [3.8, 4) is 0 Å². The molecule has 1 aromatic carbocycles. The van der Waals surface area contributed by atoms with E-state index in [4.69, 9.17) is 0 Å². The van der Waals surface area contributed by atoms with Crippen molar-refractivity contribution in [2.75, 3.05) is 42.9 Å². The Hall–Kier alpha value is -3.27. The molecule has 0 spiro atoms. The summed E-state index contributed by atoms with van der Waals surface area (Å²) in [5.74, 6) is 0.0190. The Kier molecular flexibility index (Phi) is 5.48. The first kappa shape index (κ1) is 21.0. The Morgan fingerprint density at radius 3 is 2.48 bits per heavy atom. The van der Waals surface area contributed by atoms with Gasteiger partial charge >= 0.3 is 0 Å². The van der Waals surface area contributed by atoms with E-state index >= 15 is 0 Å². The molecule has 0 saturated carbocycles. The molecule has 4 rings (SSSR count). The number of amides is 1. The van der Waals surface area contributed by atoms with Crippen molar-refractivity contribution in [3.05, 3.63) is 46.6 Å². The van der Waals surface area contributed by atoms with Crippen LogP contribution < -0.4 is 15.8 Å². The zero-order valence-corrected chi connectivity index (χ0v) is 17.9. The average Bonchev–Trinajstić information content (AvgIpc) is 3.15. The van der Waals surface area contributed by atoms with E-state index in [-0.39, 0.29) is 29.4 Å². The van der Waals surface area contributed by atoms with Crippen LogP contribution in [0.15, 0.2) is 35.3 Å². The highest BCUT2D eigenvalue weighted by Gasteiger charge is 2.24. The normalized spacial score (nSPS) is 15.4. The van der Waals surface area contributed by atoms with Gasteiger partial charge in [0.05, 0.1) is 18.3 Å². The van der Waals surface area contributed by atoms with Crippen molar-refractivity contribution in [3.63, 3.8) is 0 Å². The quantitative estimate of drug-likeness (QED) is 0.659. The number of hydrogen-bond donors (Lipinski definition) is 2. The van der Waals surface area contributed by atoms with E-state index in [2.05, 4.69) is 20.4 Å². The third-order valence-corrected chi connectivity index (χ3v) is 5.23. The number of aromatic nitrogens is 4. The fraction of sp³-hybridized carbons (Fsp3) is 0.429. The first-order valence-electron chi connectivity index (χ1n) is 10.2. The van der Waals surface area contributed by atoms with Gasteiger partial charge in [-0.1, -0.05) is 0 Å². The number of H-pyrrole nitrogens is 1. The van der Waals surface area contributed by atoms with Crippen LogP contribution in [-0.2, 0) is 10.3 Å². The largest absolute Gasteiger partial charge is 0.340 e. The highest BCUT2D eigenvalue weighted by molar-refractivity contribution is 5.92. The molecule has 0 bridgehead atoms. The summed E-state index contributed by atoms with van der Waals surface area (Å²) >= 11 is 0. The van der Waals surface area contributed by atoms with Gasteiger partial charge in [0.1, 0.15) is 11.2 Å². The SMILES string of the molecule is CC(C)(C)n1ncc2c(=O)[nH]c(N3CCN(CC(=O)Nc4ccc(F)cc4)CC3)nc21. The van der Waals surface area contributed by atoms with Gasteiger partial charge in [-0.05, 0) is 45.0 Å². The number of rotatable bonds is 4. The van der Waals surface area contributed by atoms with Crippen molar-refractivity contribution in [2.24, 2.45) is 0 Å². The van der Waals surface area contributed by atoms with Crippen molar-refractivity contribution in [2.45, 2.75) is 26.3 Å². The van der Waals surface area contributed by atoms with Crippen molar-refractivity contribution in [1.29, 1.82) is 0 Å². The predicted molar refractivity (Wildman–Crippen MR) is 117 cm³/mol. The molecule has 9 nitrogen and oxygen atoms in total. The van der Waals surface area contributed by atoms with Gasteiger partial charge in [0.15, 0.2) is 5.65 Å². The van der Waals surface area contributed by atoms with Gasteiger partial charge in [0, 0.05) is 31.9 Å². The molecule has 0 radical (unpaired) electrons. The lowest BCUT2D eigenvalue weighted by Gasteiger charge is -2.34. The smallest absolute Gasteiger partial charge is 0.263 e. The third kappa shape index (κ3) is 4.58. The number of piperazine rings is 1. The van der Waals surface area contributed by atoms with Crippen LogP contribution in [0.5, 0.6) is 0 Å². The van der Waals surface area contributed by atoms with Gasteiger partial charge in [0.2, 0.25) is 11.9 Å². The summed E-state index contributed by atoms with van der Waals surface area (Å²) in [5, 5.41) is 7.58. The maximum Gasteiger partial charge on any atom is 0.263 e. The molecular formula is C21H26FN7O2. The first-order valence-corrected chi connectivity index (χ1v) is 10.2. The van der Waals surface area contributed by atoms with Gasteiger partial charge in [0.25, 0.3) is 5.56 Å². The highest BCUT2D eigenvalue weighted by Crippen LogP contribution is 2.20. The molecule has 0 unspecified atom stereocenters. The molecular weight excluding hydrogens is 401 g/mol. The van der Waals surface area contributed by atoms with Crippen LogP contribution in [0.25, 0.3) is 11.0 Å². The van der Waals surface area contributed by atoms with Gasteiger partial charge in [-0.15, -0.1) is 0 Å². The van der Waals surface area contributed by atoms with Crippen LogP contribution in [0.4, 0.5) is 16.0 Å². The third-order valence-electron chi connectivity index (χ3n) is 5.23. The van der Waals surface area contributed by atoms with Gasteiger partial charge in [-0.25, -0.2) is 9.07 Å². The Balaban J connectivity index is 1.40. The molecule has 1 aliphatic rings. The fourth-order valence-corrected chi connectivity index (χ4v) is 3.60. The molecule has 2 N–H and O–H groups in total. The number of carbonyl (C=O) groups excluding carboxylic acids is 1. The fourth-order valence-electron chi connectivity index (χ4n) is 3.60. The summed E-state index contributed by atoms with van der Waals surface area (Å²) in [7, 11) is 0. The molecule has 0 aliphatic carbocycles. The van der Waals surface area contributed by atoms with Gasteiger partial charge in [-0.2, -0.15) is 10.1 Å². The summed E-state index contributed by atoms with van der Waals surface area (Å²) in [5.41, 5.74) is 0.621. The molecule has 0 atom stereocenters. The second-order valence-corrected chi connectivity index (χ2v) is 8.67. The topological polar surface area (TPSA) is 99.2 Å². The Morgan fingerprint density at radius 2 is 1.84 bits per heavy atom. The summed E-state index contributed by atoms with van der Waals surface area (Å²) < 4.78 is 14.7. The van der Waals surface area contributed by atoms with Crippen molar-refractivity contribution < 1.29 is 9.18 Å². The molecule has 31 heavy (non-hydrogen) atoms. The molecule has 164 valence electrons. The number of hydrogen-bond acceptors (Lipinski definition) is 6. The standard InChI is InChI=1S/C21H26FN7O2/c1-21(2,3)29-18-16(12-23-29)19(31)26-20(25-18)28-10-8-27(9-11-28)13-17(30)24-15-6-4-14(22)5-7-15/h4-7,12H,8-11,13H2,1-3H3,(H,24,30)(H,25,26,31). The summed E-state index contributed by atoms with van der Waals surface area (Å²) in [6.45, 7) is 8.83. The van der Waals surface area contributed by atoms with E-state index < -0.39 is 0 Å². The number of aromatic amines is 1. The molecule has 10 heteroatoms. The van der Waals surface area contributed by atoms with Crippen LogP contribution in [0.3, 0.4) is 0 Å². The first-order chi connectivity index (χ1) is 14.7. The maximum absolute atomic E-state index is 13.0. The monoisotopic (exact) mass is 427 g/mol. The van der Waals surface area contributed by atoms with E-state index in [1.165, 1.54) is 24.3 Å². The second kappa shape index (κ2) is 8.10. The predicted octanol–water partition coefficient (Wildman–Crippen LogP) is 1.77. The summed E-state index contributed by atoms with van der Waals surface area (Å²) in [6.07, 6.45) is 1.55. The van der Waals surface area contributed by atoms with E-state index in [1.807, 2.05) is 30.6 Å². The molecule has 2 aromatic heterocycles. The molecule has 1 aliphatic heterocycles. The number of carbonyl (C=O) groups is 1. The average molecular weight is 427 g/mol. The van der Waals surface area contributed by atoms with Crippen LogP contribution in [0.2, 0.25) is 0 Å². The number of nitrogens with zero attached hydrogens (tertiary/aromatic N) is 5. The molecule has 1 saturated heterocycles. The van der Waals surface area contributed by atoms with Crippen molar-refractivity contribution in [1.82, 2.24) is 24.6 Å². The number of anilines is 2. The van der Waals surface area contributed by atoms with E-state index in [0.29, 0.717) is 48.8 Å². The Bertz CT molecular complexity index is 1140. The minimum atomic E-state index is -0.343. The van der Waals surface area contributed by atoms with Gasteiger partial charge < -0.3 is 10.2 Å². The summed E-state index contributed by atoms with van der Waals surface area (Å²) in [4.78, 5) is 36.4. The van der Waals surface area contributed by atoms with E-state index in [0.717, 1.165) is 0 Å². The lowest BCUT2D eigenvalue weighted by atomic mass is 10.1. The number of benzene rings is 1. The molecule has 3 heterocycles.